The lowest BCUT2D eigenvalue weighted by Crippen LogP contribution is -2.38. The first kappa shape index (κ1) is 24.3. The van der Waals surface area contributed by atoms with Gasteiger partial charge in [-0.15, -0.1) is 0 Å². The number of benzene rings is 1. The number of imidazole rings is 1. The summed E-state index contributed by atoms with van der Waals surface area (Å²) in [6.07, 6.45) is -4.78. The molecule has 1 heterocycles. The summed E-state index contributed by atoms with van der Waals surface area (Å²) in [5, 5.41) is 1.73. The van der Waals surface area contributed by atoms with Gasteiger partial charge in [0.05, 0.1) is 24.1 Å². The maximum Gasteiger partial charge on any atom is 0.405 e. The molecule has 2 atom stereocenters. The van der Waals surface area contributed by atoms with E-state index in [9.17, 15) is 26.7 Å². The second kappa shape index (κ2) is 9.26. The summed E-state index contributed by atoms with van der Waals surface area (Å²) in [5.74, 6) is -6.02. The number of aromatic nitrogens is 2. The van der Waals surface area contributed by atoms with Gasteiger partial charge in [-0.1, -0.05) is 6.07 Å². The number of nitrogens with zero attached hydrogens (tertiary/aromatic N) is 1. The Labute approximate surface area is 179 Å². The Morgan fingerprint density at radius 1 is 1.34 bits per heavy atom. The number of fused-ring (bicyclic) bond motifs is 1. The van der Waals surface area contributed by atoms with Gasteiger partial charge >= 0.3 is 6.18 Å². The molecule has 1 fully saturated rings. The summed E-state index contributed by atoms with van der Waals surface area (Å²) < 4.78 is 84.3. The van der Waals surface area contributed by atoms with Crippen LogP contribution in [0.25, 0.3) is 11.0 Å². The second-order valence-electron chi connectivity index (χ2n) is 8.05. The van der Waals surface area contributed by atoms with Crippen molar-refractivity contribution in [3.05, 3.63) is 29.3 Å². The minimum Gasteiger partial charge on any atom is -0.384 e. The molecule has 1 unspecified atom stereocenters. The molecule has 0 aliphatic heterocycles. The van der Waals surface area contributed by atoms with Gasteiger partial charge in [0.15, 0.2) is 5.82 Å². The molecule has 6 nitrogen and oxygen atoms in total. The fourth-order valence-corrected chi connectivity index (χ4v) is 3.93. The number of hydrogen-bond donors (Lipinski definition) is 3. The number of nitrogens with two attached hydrogens (primary N) is 1. The molecular formula is C20H24F6N4O2. The topological polar surface area (TPSA) is 93.0 Å². The van der Waals surface area contributed by atoms with Gasteiger partial charge in [0.1, 0.15) is 17.9 Å². The Morgan fingerprint density at radius 3 is 2.59 bits per heavy atom. The summed E-state index contributed by atoms with van der Waals surface area (Å²) in [6.45, 7) is -1.91. The third-order valence-electron chi connectivity index (χ3n) is 5.71. The van der Waals surface area contributed by atoms with Crippen molar-refractivity contribution >= 4 is 16.9 Å². The standard InChI is InChI=1S/C20H24F6N4O2/c1-32-8-12(18(31)28-9-20(24,25)26)11-2-3-13-16(14(11)21)30-17(29-13)15(27)10-4-6-19(22,23)7-5-10/h2-3,10,12,15H,4-9,27H2,1H3,(H,28,31)(H,29,30)/t12?,15-/m0/s1. The lowest BCUT2D eigenvalue weighted by atomic mass is 9.82. The number of aromatic amines is 1. The highest BCUT2D eigenvalue weighted by molar-refractivity contribution is 5.86. The zero-order valence-electron chi connectivity index (χ0n) is 17.2. The number of H-pyrrole nitrogens is 1. The van der Waals surface area contributed by atoms with E-state index in [2.05, 4.69) is 9.97 Å². The Hall–Kier alpha value is -2.34. The fourth-order valence-electron chi connectivity index (χ4n) is 3.93. The van der Waals surface area contributed by atoms with Gasteiger partial charge in [0, 0.05) is 25.5 Å². The lowest BCUT2D eigenvalue weighted by molar-refractivity contribution is -0.140. The Morgan fingerprint density at radius 2 is 2.00 bits per heavy atom. The quantitative estimate of drug-likeness (QED) is 0.539. The van der Waals surface area contributed by atoms with Gasteiger partial charge in [0.25, 0.3) is 0 Å². The molecule has 3 rings (SSSR count). The van der Waals surface area contributed by atoms with Crippen molar-refractivity contribution in [2.24, 2.45) is 11.7 Å². The molecule has 1 amide bonds. The van der Waals surface area contributed by atoms with E-state index < -0.39 is 42.3 Å². The summed E-state index contributed by atoms with van der Waals surface area (Å²) in [5.41, 5.74) is 6.14. The fraction of sp³-hybridized carbons (Fsp3) is 0.600. The Kier molecular flexibility index (Phi) is 7.03. The number of methoxy groups -OCH3 is 1. The smallest absolute Gasteiger partial charge is 0.384 e. The van der Waals surface area contributed by atoms with Gasteiger partial charge in [-0.25, -0.2) is 18.2 Å². The summed E-state index contributed by atoms with van der Waals surface area (Å²) in [6, 6.07) is 1.99. The van der Waals surface area contributed by atoms with Crippen LogP contribution in [0.5, 0.6) is 0 Å². The molecule has 12 heteroatoms. The van der Waals surface area contributed by atoms with Gasteiger partial charge in [-0.3, -0.25) is 4.79 Å². The van der Waals surface area contributed by atoms with E-state index in [1.807, 2.05) is 0 Å². The van der Waals surface area contributed by atoms with Crippen LogP contribution in [-0.4, -0.2) is 48.2 Å². The van der Waals surface area contributed by atoms with Crippen LogP contribution in [0.15, 0.2) is 12.1 Å². The van der Waals surface area contributed by atoms with Crippen LogP contribution in [0, 0.1) is 11.7 Å². The van der Waals surface area contributed by atoms with Crippen LogP contribution in [0.1, 0.15) is 49.0 Å². The molecular weight excluding hydrogens is 442 g/mol. The molecule has 0 radical (unpaired) electrons. The predicted octanol–water partition coefficient (Wildman–Crippen LogP) is 3.94. The molecule has 4 N–H and O–H groups in total. The van der Waals surface area contributed by atoms with Crippen LogP contribution in [-0.2, 0) is 9.53 Å². The van der Waals surface area contributed by atoms with Crippen LogP contribution >= 0.6 is 0 Å². The van der Waals surface area contributed by atoms with Crippen molar-refractivity contribution in [2.75, 3.05) is 20.3 Å². The number of rotatable bonds is 7. The van der Waals surface area contributed by atoms with E-state index in [1.54, 1.807) is 5.32 Å². The Bertz CT molecular complexity index is 951. The molecule has 1 aliphatic rings. The van der Waals surface area contributed by atoms with Crippen LogP contribution in [0.2, 0.25) is 0 Å². The van der Waals surface area contributed by atoms with Crippen molar-refractivity contribution in [1.29, 1.82) is 0 Å². The molecule has 1 saturated carbocycles. The average Bonchev–Trinajstić information content (AvgIpc) is 3.15. The number of ether oxygens (including phenoxy) is 1. The SMILES string of the molecule is COCC(C(=O)NCC(F)(F)F)c1ccc2[nH]c([C@@H](N)C3CCC(F)(F)CC3)nc2c1F. The molecule has 0 spiro atoms. The summed E-state index contributed by atoms with van der Waals surface area (Å²) >= 11 is 0. The van der Waals surface area contributed by atoms with Crippen LogP contribution in [0.3, 0.4) is 0 Å². The molecule has 0 saturated heterocycles. The van der Waals surface area contributed by atoms with E-state index in [0.29, 0.717) is 0 Å². The van der Waals surface area contributed by atoms with E-state index in [0.717, 1.165) is 0 Å². The molecule has 32 heavy (non-hydrogen) atoms. The number of hydrogen-bond acceptors (Lipinski definition) is 4. The molecule has 1 aromatic carbocycles. The molecule has 0 bridgehead atoms. The number of amides is 1. The van der Waals surface area contributed by atoms with Crippen molar-refractivity contribution < 1.29 is 35.9 Å². The van der Waals surface area contributed by atoms with Crippen molar-refractivity contribution in [3.63, 3.8) is 0 Å². The maximum atomic E-state index is 15.2. The number of carbonyl (C=O) groups is 1. The summed E-state index contributed by atoms with van der Waals surface area (Å²) in [7, 11) is 1.24. The van der Waals surface area contributed by atoms with Crippen LogP contribution in [0.4, 0.5) is 26.3 Å². The summed E-state index contributed by atoms with van der Waals surface area (Å²) in [4.78, 5) is 19.3. The second-order valence-corrected chi connectivity index (χ2v) is 8.05. The normalized spacial score (nSPS) is 19.1. The predicted molar refractivity (Wildman–Crippen MR) is 104 cm³/mol. The molecule has 1 aromatic heterocycles. The average molecular weight is 466 g/mol. The highest BCUT2D eigenvalue weighted by Crippen LogP contribution is 2.40. The number of carbonyl (C=O) groups excluding carboxylic acids is 1. The van der Waals surface area contributed by atoms with Crippen LogP contribution < -0.4 is 11.1 Å². The third kappa shape index (κ3) is 5.52. The molecule has 178 valence electrons. The lowest BCUT2D eigenvalue weighted by Gasteiger charge is -2.31. The van der Waals surface area contributed by atoms with Gasteiger partial charge < -0.3 is 20.8 Å². The van der Waals surface area contributed by atoms with Gasteiger partial charge in [0.2, 0.25) is 11.8 Å². The van der Waals surface area contributed by atoms with E-state index in [-0.39, 0.29) is 60.6 Å². The number of halogens is 6. The Balaban J connectivity index is 1.85. The van der Waals surface area contributed by atoms with Crippen molar-refractivity contribution in [3.8, 4) is 0 Å². The monoisotopic (exact) mass is 466 g/mol. The molecule has 2 aromatic rings. The first-order valence-corrected chi connectivity index (χ1v) is 10.1. The van der Waals surface area contributed by atoms with Gasteiger partial charge in [-0.2, -0.15) is 13.2 Å². The molecule has 1 aliphatic carbocycles. The zero-order chi connectivity index (χ0) is 23.7. The zero-order valence-corrected chi connectivity index (χ0v) is 17.2. The maximum absolute atomic E-state index is 15.2. The minimum absolute atomic E-state index is 0.140. The number of nitrogens with one attached hydrogen (secondary N) is 2. The van der Waals surface area contributed by atoms with E-state index >= 15 is 4.39 Å². The first-order chi connectivity index (χ1) is 14.9. The highest BCUT2D eigenvalue weighted by Gasteiger charge is 2.38. The first-order valence-electron chi connectivity index (χ1n) is 10.1. The third-order valence-corrected chi connectivity index (χ3v) is 5.71. The van der Waals surface area contributed by atoms with Gasteiger partial charge in [-0.05, 0) is 24.8 Å². The number of alkyl halides is 5. The van der Waals surface area contributed by atoms with Crippen molar-refractivity contribution in [2.45, 2.75) is 49.7 Å². The highest BCUT2D eigenvalue weighted by atomic mass is 19.4. The minimum atomic E-state index is -4.62. The van der Waals surface area contributed by atoms with E-state index in [1.165, 1.54) is 19.2 Å². The van der Waals surface area contributed by atoms with E-state index in [4.69, 9.17) is 10.5 Å². The largest absolute Gasteiger partial charge is 0.405 e. The van der Waals surface area contributed by atoms with Crippen molar-refractivity contribution in [1.82, 2.24) is 15.3 Å².